The highest BCUT2D eigenvalue weighted by atomic mass is 19.1. The first-order valence-electron chi connectivity index (χ1n) is 6.91. The van der Waals surface area contributed by atoms with Gasteiger partial charge in [0.25, 0.3) is 0 Å². The van der Waals surface area contributed by atoms with Crippen molar-refractivity contribution in [3.8, 4) is 5.75 Å². The number of benzene rings is 1. The van der Waals surface area contributed by atoms with Crippen molar-refractivity contribution in [1.82, 2.24) is 0 Å². The number of carbonyl (C=O) groups excluding carboxylic acids is 1. The van der Waals surface area contributed by atoms with Gasteiger partial charge in [0.15, 0.2) is 0 Å². The van der Waals surface area contributed by atoms with E-state index in [1.54, 1.807) is 7.11 Å². The van der Waals surface area contributed by atoms with E-state index in [2.05, 4.69) is 5.32 Å². The van der Waals surface area contributed by atoms with Crippen LogP contribution in [-0.2, 0) is 14.3 Å². The van der Waals surface area contributed by atoms with Crippen LogP contribution in [0.25, 0.3) is 0 Å². The molecule has 0 radical (unpaired) electrons. The average Bonchev–Trinajstić information content (AvgIpc) is 3.30. The predicted molar refractivity (Wildman–Crippen MR) is 75.9 cm³/mol. The minimum absolute atomic E-state index is 0.229. The summed E-state index contributed by atoms with van der Waals surface area (Å²) in [7, 11) is 2.93. The summed E-state index contributed by atoms with van der Waals surface area (Å²) in [5, 5.41) is 3.05. The summed E-state index contributed by atoms with van der Waals surface area (Å²) in [6.45, 7) is 0.781. The van der Waals surface area contributed by atoms with E-state index in [-0.39, 0.29) is 11.9 Å². The van der Waals surface area contributed by atoms with Crippen LogP contribution in [-0.4, -0.2) is 39.4 Å². The molecule has 1 aromatic carbocycles. The van der Waals surface area contributed by atoms with Gasteiger partial charge in [-0.2, -0.15) is 0 Å². The zero-order chi connectivity index (χ0) is 15.2. The van der Waals surface area contributed by atoms with Gasteiger partial charge in [-0.05, 0) is 30.9 Å². The lowest BCUT2D eigenvalue weighted by Gasteiger charge is -2.19. The fourth-order valence-electron chi connectivity index (χ4n) is 2.07. The smallest absolute Gasteiger partial charge is 0.328 e. The molecule has 0 spiro atoms. The molecule has 0 aliphatic heterocycles. The van der Waals surface area contributed by atoms with Crippen LogP contribution in [0.5, 0.6) is 5.75 Å². The predicted octanol–water partition coefficient (Wildman–Crippen LogP) is 2.21. The largest absolute Gasteiger partial charge is 0.489 e. The molecule has 2 rings (SSSR count). The maximum atomic E-state index is 13.4. The van der Waals surface area contributed by atoms with Crippen LogP contribution >= 0.6 is 0 Å². The summed E-state index contributed by atoms with van der Waals surface area (Å²) in [5.41, 5.74) is 0.452. The van der Waals surface area contributed by atoms with E-state index in [1.807, 2.05) is 0 Å². The SMILES string of the molecule is COCCOc1ccc(F)cc1NC(C(=O)OC)C1CC1. The zero-order valence-corrected chi connectivity index (χ0v) is 12.2. The van der Waals surface area contributed by atoms with E-state index >= 15 is 0 Å². The van der Waals surface area contributed by atoms with Gasteiger partial charge < -0.3 is 19.5 Å². The molecule has 1 N–H and O–H groups in total. The Labute approximate surface area is 123 Å². The molecule has 1 aliphatic carbocycles. The molecule has 1 atom stereocenters. The highest BCUT2D eigenvalue weighted by molar-refractivity contribution is 5.81. The van der Waals surface area contributed by atoms with Gasteiger partial charge in [-0.25, -0.2) is 9.18 Å². The quantitative estimate of drug-likeness (QED) is 0.589. The molecule has 0 saturated heterocycles. The Kier molecular flexibility index (Phi) is 5.38. The van der Waals surface area contributed by atoms with Crippen LogP contribution in [0.2, 0.25) is 0 Å². The van der Waals surface area contributed by atoms with Crippen LogP contribution < -0.4 is 10.1 Å². The van der Waals surface area contributed by atoms with Crippen molar-refractivity contribution in [2.75, 3.05) is 32.8 Å². The monoisotopic (exact) mass is 297 g/mol. The topological polar surface area (TPSA) is 56.8 Å². The van der Waals surface area contributed by atoms with Crippen molar-refractivity contribution >= 4 is 11.7 Å². The number of hydrogen-bond acceptors (Lipinski definition) is 5. The first-order chi connectivity index (χ1) is 10.2. The van der Waals surface area contributed by atoms with Crippen LogP contribution in [0.15, 0.2) is 18.2 Å². The van der Waals surface area contributed by atoms with E-state index in [0.717, 1.165) is 12.8 Å². The number of esters is 1. The van der Waals surface area contributed by atoms with Crippen LogP contribution in [0.4, 0.5) is 10.1 Å². The Balaban J connectivity index is 2.12. The van der Waals surface area contributed by atoms with E-state index < -0.39 is 11.9 Å². The molecular formula is C15H20FNO4. The second kappa shape index (κ2) is 7.26. The molecule has 1 fully saturated rings. The lowest BCUT2D eigenvalue weighted by atomic mass is 10.1. The summed E-state index contributed by atoms with van der Waals surface area (Å²) in [5.74, 6) is -0.0175. The average molecular weight is 297 g/mol. The number of rotatable bonds is 8. The first-order valence-corrected chi connectivity index (χ1v) is 6.91. The minimum Gasteiger partial charge on any atom is -0.489 e. The van der Waals surface area contributed by atoms with Crippen molar-refractivity contribution in [1.29, 1.82) is 0 Å². The van der Waals surface area contributed by atoms with Crippen molar-refractivity contribution in [2.45, 2.75) is 18.9 Å². The van der Waals surface area contributed by atoms with Gasteiger partial charge in [0.1, 0.15) is 24.2 Å². The lowest BCUT2D eigenvalue weighted by Crippen LogP contribution is -2.33. The molecule has 1 saturated carbocycles. The zero-order valence-electron chi connectivity index (χ0n) is 12.2. The Morgan fingerprint density at radius 3 is 2.76 bits per heavy atom. The summed E-state index contributed by atoms with van der Waals surface area (Å²) >= 11 is 0. The van der Waals surface area contributed by atoms with Gasteiger partial charge in [-0.15, -0.1) is 0 Å². The fraction of sp³-hybridized carbons (Fsp3) is 0.533. The third-order valence-corrected chi connectivity index (χ3v) is 3.35. The molecule has 1 unspecified atom stereocenters. The number of methoxy groups -OCH3 is 2. The van der Waals surface area contributed by atoms with Crippen molar-refractivity contribution < 1.29 is 23.4 Å². The van der Waals surface area contributed by atoms with Gasteiger partial charge in [0.2, 0.25) is 0 Å². The maximum Gasteiger partial charge on any atom is 0.328 e. The van der Waals surface area contributed by atoms with Crippen LogP contribution in [0.1, 0.15) is 12.8 Å². The summed E-state index contributed by atoms with van der Waals surface area (Å²) in [6.07, 6.45) is 1.92. The number of ether oxygens (including phenoxy) is 3. The highest BCUT2D eigenvalue weighted by Gasteiger charge is 2.37. The van der Waals surface area contributed by atoms with Crippen LogP contribution in [0.3, 0.4) is 0 Å². The van der Waals surface area contributed by atoms with E-state index in [9.17, 15) is 9.18 Å². The van der Waals surface area contributed by atoms with Gasteiger partial charge in [0.05, 0.1) is 19.4 Å². The summed E-state index contributed by atoms with van der Waals surface area (Å²) < 4.78 is 28.7. The second-order valence-electron chi connectivity index (χ2n) is 4.96. The van der Waals surface area contributed by atoms with Crippen LogP contribution in [0, 0.1) is 11.7 Å². The first kappa shape index (κ1) is 15.6. The maximum absolute atomic E-state index is 13.4. The third-order valence-electron chi connectivity index (χ3n) is 3.35. The third kappa shape index (κ3) is 4.32. The van der Waals surface area contributed by atoms with Gasteiger partial charge in [0, 0.05) is 13.2 Å². The Morgan fingerprint density at radius 1 is 1.38 bits per heavy atom. The minimum atomic E-state index is -0.471. The lowest BCUT2D eigenvalue weighted by molar-refractivity contribution is -0.142. The molecule has 0 amide bonds. The van der Waals surface area contributed by atoms with Crippen molar-refractivity contribution in [3.63, 3.8) is 0 Å². The standard InChI is InChI=1S/C15H20FNO4/c1-19-7-8-21-13-6-5-11(16)9-12(13)17-14(10-3-4-10)15(18)20-2/h5-6,9-10,14,17H,3-4,7-8H2,1-2H3. The Morgan fingerprint density at radius 2 is 2.14 bits per heavy atom. The highest BCUT2D eigenvalue weighted by Crippen LogP contribution is 2.36. The molecule has 116 valence electrons. The number of carbonyl (C=O) groups is 1. The molecule has 0 bridgehead atoms. The molecule has 0 heterocycles. The number of hydrogen-bond donors (Lipinski definition) is 1. The van der Waals surface area contributed by atoms with Gasteiger partial charge in [-0.1, -0.05) is 0 Å². The van der Waals surface area contributed by atoms with Crippen molar-refractivity contribution in [3.05, 3.63) is 24.0 Å². The van der Waals surface area contributed by atoms with E-state index in [1.165, 1.54) is 25.3 Å². The normalized spacial score (nSPS) is 15.4. The van der Waals surface area contributed by atoms with E-state index in [0.29, 0.717) is 24.7 Å². The number of nitrogens with one attached hydrogen (secondary N) is 1. The van der Waals surface area contributed by atoms with Gasteiger partial charge in [-0.3, -0.25) is 0 Å². The Hall–Kier alpha value is -1.82. The fourth-order valence-corrected chi connectivity index (χ4v) is 2.07. The molecule has 1 aromatic rings. The number of anilines is 1. The molecule has 21 heavy (non-hydrogen) atoms. The molecule has 5 nitrogen and oxygen atoms in total. The molecule has 6 heteroatoms. The second-order valence-corrected chi connectivity index (χ2v) is 4.96. The summed E-state index contributed by atoms with van der Waals surface area (Å²) in [4.78, 5) is 11.8. The number of halogens is 1. The molecule has 0 aromatic heterocycles. The van der Waals surface area contributed by atoms with E-state index in [4.69, 9.17) is 14.2 Å². The summed E-state index contributed by atoms with van der Waals surface area (Å²) in [6, 6.07) is 3.70. The van der Waals surface area contributed by atoms with Gasteiger partial charge >= 0.3 is 5.97 Å². The molecule has 1 aliphatic rings. The van der Waals surface area contributed by atoms with Crippen molar-refractivity contribution in [2.24, 2.45) is 5.92 Å². The Bertz CT molecular complexity index is 491. The molecular weight excluding hydrogens is 277 g/mol.